The monoisotopic (exact) mass is 822 g/mol. The lowest BCUT2D eigenvalue weighted by molar-refractivity contribution is -0.116. The third-order valence-electron chi connectivity index (χ3n) is 14.4. The lowest BCUT2D eigenvalue weighted by Gasteiger charge is -2.53. The Hall–Kier alpha value is -2.67. The van der Waals surface area contributed by atoms with Crippen molar-refractivity contribution in [2.75, 3.05) is 77.6 Å². The zero-order valence-corrected chi connectivity index (χ0v) is 35.8. The molecule has 1 saturated carbocycles. The summed E-state index contributed by atoms with van der Waals surface area (Å²) in [5.41, 5.74) is 2.91. The highest BCUT2D eigenvalue weighted by Gasteiger charge is 2.50. The maximum absolute atomic E-state index is 14.1. The molecule has 3 fully saturated rings. The van der Waals surface area contributed by atoms with Crippen LogP contribution < -0.4 is 14.4 Å². The number of ether oxygens (including phenoxy) is 3. The summed E-state index contributed by atoms with van der Waals surface area (Å²) >= 11 is 6.54. The number of piperidine rings is 1. The van der Waals surface area contributed by atoms with E-state index in [1.807, 2.05) is 25.1 Å². The topological polar surface area (TPSA) is 101 Å². The van der Waals surface area contributed by atoms with Crippen molar-refractivity contribution in [2.45, 2.75) is 100 Å². The van der Waals surface area contributed by atoms with Gasteiger partial charge in [-0.15, -0.1) is 0 Å². The molecule has 312 valence electrons. The number of amides is 1. The average molecular weight is 824 g/mol. The second kappa shape index (κ2) is 17.1. The zero-order valence-electron chi connectivity index (χ0n) is 34.2. The van der Waals surface area contributed by atoms with Crippen LogP contribution in [0.2, 0.25) is 5.02 Å². The summed E-state index contributed by atoms with van der Waals surface area (Å²) in [4.78, 5) is 21.8. The van der Waals surface area contributed by atoms with Gasteiger partial charge in [0.25, 0.3) is 5.91 Å². The first-order valence-electron chi connectivity index (χ1n) is 21.7. The molecule has 0 aromatic heterocycles. The number of carbonyl (C=O) groups is 1. The Kier molecular flexibility index (Phi) is 12.3. The number of piperazine rings is 1. The lowest BCUT2D eigenvalue weighted by atomic mass is 9.63. The predicted octanol–water partition coefficient (Wildman–Crippen LogP) is 6.85. The SMILES string of the molecule is CCO[C@@]1(CN2CCN3CCCC[C@@H]3C2)/C=C/C[C@H](C)[C@@H](CCOC)S(=O)(=O)NC(=O)c2ccc3c(c2)N(C[C@@H]2CC[C@H]21)C[C@@]1(CCCc2cc(Cl)ccc21)CO3. The van der Waals surface area contributed by atoms with Gasteiger partial charge in [-0.2, -0.15) is 0 Å². The number of fused-ring (bicyclic) bond motifs is 5. The fourth-order valence-corrected chi connectivity index (χ4v) is 13.2. The first-order valence-corrected chi connectivity index (χ1v) is 23.6. The molecule has 10 nitrogen and oxygen atoms in total. The molecular weight excluding hydrogens is 760 g/mol. The van der Waals surface area contributed by atoms with Gasteiger partial charge in [0.15, 0.2) is 0 Å². The number of sulfonamides is 1. The van der Waals surface area contributed by atoms with E-state index in [1.165, 1.54) is 36.9 Å². The number of benzene rings is 2. The number of hydrogen-bond donors (Lipinski definition) is 1. The van der Waals surface area contributed by atoms with Crippen LogP contribution in [0, 0.1) is 17.8 Å². The summed E-state index contributed by atoms with van der Waals surface area (Å²) in [6.07, 6.45) is 14.3. The molecule has 8 rings (SSSR count). The molecule has 12 heteroatoms. The Labute approximate surface area is 345 Å². The molecule has 7 atom stereocenters. The van der Waals surface area contributed by atoms with Gasteiger partial charge in [-0.1, -0.05) is 43.2 Å². The molecule has 2 aliphatic carbocycles. The Morgan fingerprint density at radius 2 is 1.91 bits per heavy atom. The van der Waals surface area contributed by atoms with Crippen molar-refractivity contribution in [1.29, 1.82) is 0 Å². The molecule has 57 heavy (non-hydrogen) atoms. The lowest BCUT2D eigenvalue weighted by Crippen LogP contribution is -2.61. The van der Waals surface area contributed by atoms with Crippen LogP contribution >= 0.6 is 11.6 Å². The molecule has 4 heterocycles. The number of anilines is 1. The molecule has 1 amide bonds. The second-order valence-corrected chi connectivity index (χ2v) is 20.3. The van der Waals surface area contributed by atoms with Gasteiger partial charge in [0.2, 0.25) is 10.0 Å². The van der Waals surface area contributed by atoms with E-state index in [-0.39, 0.29) is 30.3 Å². The highest BCUT2D eigenvalue weighted by molar-refractivity contribution is 7.90. The molecule has 2 aromatic rings. The van der Waals surface area contributed by atoms with Gasteiger partial charge in [0.05, 0.1) is 17.5 Å². The van der Waals surface area contributed by atoms with Crippen molar-refractivity contribution in [2.24, 2.45) is 17.8 Å². The zero-order chi connectivity index (χ0) is 39.8. The van der Waals surface area contributed by atoms with Crippen molar-refractivity contribution < 1.29 is 27.4 Å². The number of halogens is 1. The normalized spacial score (nSPS) is 33.8. The second-order valence-electron chi connectivity index (χ2n) is 18.0. The standard InChI is InChI=1S/C45H63ClN4O6S/c1-4-56-45(30-48-22-23-49-21-6-5-11-37(49)28-48)20-7-9-32(2)42(18-24-54-3)57(52,53)47-43(51)34-13-17-41-40(26-34)50(27-35-12-15-39(35)45)29-44(31-55-41)19-8-10-33-25-36(46)14-16-38(33)44/h7,13-14,16-17,20,25-26,32,35,37,39,42H,4-6,8-12,15,18-19,21-24,27-31H2,1-3H3,(H,47,51)/b20-7+/t32-,35-,37+,39+,42+,44-,45+/m0/s1. The van der Waals surface area contributed by atoms with Crippen molar-refractivity contribution >= 4 is 33.2 Å². The maximum atomic E-state index is 14.1. The molecule has 2 aromatic carbocycles. The van der Waals surface area contributed by atoms with E-state index in [0.29, 0.717) is 37.2 Å². The highest BCUT2D eigenvalue weighted by Crippen LogP contribution is 2.49. The Bertz CT molecular complexity index is 1910. The van der Waals surface area contributed by atoms with Crippen LogP contribution in [0.25, 0.3) is 0 Å². The summed E-state index contributed by atoms with van der Waals surface area (Å²) in [7, 11) is -2.48. The van der Waals surface area contributed by atoms with Crippen LogP contribution in [0.15, 0.2) is 48.6 Å². The first kappa shape index (κ1) is 41.1. The first-order chi connectivity index (χ1) is 27.5. The number of allylic oxidation sites excluding steroid dienone is 1. The third-order valence-corrected chi connectivity index (χ3v) is 16.6. The molecule has 1 N–H and O–H groups in total. The number of aryl methyl sites for hydroxylation is 1. The number of nitrogens with one attached hydrogen (secondary N) is 1. The van der Waals surface area contributed by atoms with Gasteiger partial charge < -0.3 is 19.1 Å². The molecule has 6 aliphatic rings. The van der Waals surface area contributed by atoms with E-state index in [4.69, 9.17) is 25.8 Å². The molecular formula is C45H63ClN4O6S. The van der Waals surface area contributed by atoms with Crippen LogP contribution in [0.3, 0.4) is 0 Å². The number of nitrogens with zero attached hydrogens (tertiary/aromatic N) is 3. The van der Waals surface area contributed by atoms with Crippen molar-refractivity contribution in [1.82, 2.24) is 14.5 Å². The van der Waals surface area contributed by atoms with Gasteiger partial charge >= 0.3 is 0 Å². The van der Waals surface area contributed by atoms with E-state index in [1.54, 1.807) is 13.2 Å². The third kappa shape index (κ3) is 8.40. The van der Waals surface area contributed by atoms with Crippen LogP contribution in [-0.2, 0) is 31.3 Å². The highest BCUT2D eigenvalue weighted by atomic mass is 35.5. The van der Waals surface area contributed by atoms with Gasteiger partial charge in [-0.3, -0.25) is 14.6 Å². The van der Waals surface area contributed by atoms with Crippen molar-refractivity contribution in [3.8, 4) is 5.75 Å². The maximum Gasteiger partial charge on any atom is 0.264 e. The van der Waals surface area contributed by atoms with Crippen molar-refractivity contribution in [3.05, 3.63) is 70.3 Å². The summed E-state index contributed by atoms with van der Waals surface area (Å²) < 4.78 is 50.0. The van der Waals surface area contributed by atoms with E-state index >= 15 is 0 Å². The van der Waals surface area contributed by atoms with Crippen LogP contribution in [0.4, 0.5) is 5.69 Å². The minimum absolute atomic E-state index is 0.266. The molecule has 0 radical (unpaired) electrons. The Morgan fingerprint density at radius 3 is 2.72 bits per heavy atom. The van der Waals surface area contributed by atoms with Crippen LogP contribution in [0.1, 0.15) is 93.1 Å². The Balaban J connectivity index is 1.21. The van der Waals surface area contributed by atoms with Crippen LogP contribution in [0.5, 0.6) is 5.75 Å². The minimum atomic E-state index is -4.07. The van der Waals surface area contributed by atoms with Gasteiger partial charge in [0, 0.05) is 81.6 Å². The fraction of sp³-hybridized carbons (Fsp3) is 0.667. The van der Waals surface area contributed by atoms with Crippen LogP contribution in [-0.4, -0.2) is 114 Å². The van der Waals surface area contributed by atoms with Gasteiger partial charge in [-0.05, 0) is 130 Å². The summed E-state index contributed by atoms with van der Waals surface area (Å²) in [5, 5.41) is -0.0719. The fourth-order valence-electron chi connectivity index (χ4n) is 11.3. The predicted molar refractivity (Wildman–Crippen MR) is 226 cm³/mol. The van der Waals surface area contributed by atoms with E-state index in [2.05, 4.69) is 50.6 Å². The van der Waals surface area contributed by atoms with Gasteiger partial charge in [0.1, 0.15) is 11.4 Å². The van der Waals surface area contributed by atoms with E-state index in [9.17, 15) is 13.2 Å². The van der Waals surface area contributed by atoms with Gasteiger partial charge in [-0.25, -0.2) is 13.1 Å². The molecule has 2 bridgehead atoms. The summed E-state index contributed by atoms with van der Waals surface area (Å²) in [6, 6.07) is 12.3. The molecule has 0 unspecified atom stereocenters. The minimum Gasteiger partial charge on any atom is -0.490 e. The molecule has 2 saturated heterocycles. The summed E-state index contributed by atoms with van der Waals surface area (Å²) in [5.74, 6) is 0.434. The number of rotatable bonds is 7. The quantitative estimate of drug-likeness (QED) is 0.301. The Morgan fingerprint density at radius 1 is 1.04 bits per heavy atom. The summed E-state index contributed by atoms with van der Waals surface area (Å²) in [6.45, 7) is 12.2. The number of methoxy groups -OCH3 is 1. The largest absolute Gasteiger partial charge is 0.490 e. The smallest absolute Gasteiger partial charge is 0.264 e. The molecule has 1 spiro atoms. The number of hydrogen-bond acceptors (Lipinski definition) is 9. The van der Waals surface area contributed by atoms with Crippen molar-refractivity contribution in [3.63, 3.8) is 0 Å². The van der Waals surface area contributed by atoms with E-state index < -0.39 is 26.8 Å². The average Bonchev–Trinajstić information content (AvgIpc) is 3.32. The molecule has 4 aliphatic heterocycles. The van der Waals surface area contributed by atoms with E-state index in [0.717, 1.165) is 87.8 Å². The number of carbonyl (C=O) groups excluding carboxylic acids is 1.